The van der Waals surface area contributed by atoms with Crippen LogP contribution >= 0.6 is 22.7 Å². The molecule has 0 aromatic carbocycles. The summed E-state index contributed by atoms with van der Waals surface area (Å²) < 4.78 is 12.8. The standard InChI is InChI=1S/C20H22NO4S2/c1-21(2)13-10-11(9-12-16-17(25-16)19(12,13)21)24-18(22)20(23,14-5-3-7-26-14)15-6-4-8-27-15/h3-8,11-13,16-17,23H,9-10H2,1-2H3/q+1/t11-,12-,13+,16-,17-,19?/m1/s1. The average Bonchev–Trinajstić information content (AvgIpc) is 3.21. The molecule has 2 aliphatic carbocycles. The van der Waals surface area contributed by atoms with Crippen LogP contribution in [0.25, 0.3) is 0 Å². The number of rotatable bonds is 4. The summed E-state index contributed by atoms with van der Waals surface area (Å²) in [7, 11) is 4.54. The normalized spacial score (nSPS) is 40.2. The maximum Gasteiger partial charge on any atom is 0.349 e. The van der Waals surface area contributed by atoms with E-state index in [0.717, 1.165) is 17.3 Å². The van der Waals surface area contributed by atoms with Gasteiger partial charge in [-0.15, -0.1) is 22.7 Å². The number of hydrogen-bond donors (Lipinski definition) is 1. The number of aliphatic hydroxyl groups is 1. The topological polar surface area (TPSA) is 59.1 Å². The molecular formula is C20H22NO4S2+. The number of likely N-dealkylation sites (tertiary alicyclic amines) is 1. The summed E-state index contributed by atoms with van der Waals surface area (Å²) in [5.74, 6) is -0.0749. The molecule has 6 atom stereocenters. The maximum atomic E-state index is 13.2. The van der Waals surface area contributed by atoms with Crippen LogP contribution in [0.4, 0.5) is 0 Å². The first-order chi connectivity index (χ1) is 12.9. The van der Waals surface area contributed by atoms with Crippen LogP contribution in [-0.4, -0.2) is 59.5 Å². The van der Waals surface area contributed by atoms with E-state index in [4.69, 9.17) is 9.47 Å². The van der Waals surface area contributed by atoms with Crippen LogP contribution in [0.3, 0.4) is 0 Å². The van der Waals surface area contributed by atoms with Crippen molar-refractivity contribution in [3.05, 3.63) is 44.8 Å². The Morgan fingerprint density at radius 3 is 2.52 bits per heavy atom. The predicted molar refractivity (Wildman–Crippen MR) is 102 cm³/mol. The van der Waals surface area contributed by atoms with Gasteiger partial charge in [0.1, 0.15) is 18.3 Å². The Labute approximate surface area is 165 Å². The van der Waals surface area contributed by atoms with Gasteiger partial charge in [-0.2, -0.15) is 0 Å². The van der Waals surface area contributed by atoms with Gasteiger partial charge >= 0.3 is 5.97 Å². The molecule has 7 heteroatoms. The molecule has 0 radical (unpaired) electrons. The Morgan fingerprint density at radius 1 is 1.26 bits per heavy atom. The number of carbonyl (C=O) groups is 1. The van der Waals surface area contributed by atoms with Gasteiger partial charge in [0, 0.05) is 6.42 Å². The van der Waals surface area contributed by atoms with Crippen LogP contribution in [0.5, 0.6) is 0 Å². The Hall–Kier alpha value is -1.25. The summed E-state index contributed by atoms with van der Waals surface area (Å²) in [6.45, 7) is 0. The van der Waals surface area contributed by atoms with Gasteiger partial charge in [-0.1, -0.05) is 12.1 Å². The molecule has 27 heavy (non-hydrogen) atoms. The third kappa shape index (κ3) is 1.83. The minimum Gasteiger partial charge on any atom is -0.459 e. The minimum atomic E-state index is -1.72. The zero-order chi connectivity index (χ0) is 18.6. The molecule has 2 aromatic rings. The Balaban J connectivity index is 1.27. The van der Waals surface area contributed by atoms with E-state index < -0.39 is 11.6 Å². The summed E-state index contributed by atoms with van der Waals surface area (Å²) in [6.07, 6.45) is 2.33. The van der Waals surface area contributed by atoms with Crippen molar-refractivity contribution in [2.75, 3.05) is 14.1 Å². The molecule has 0 bridgehead atoms. The summed E-state index contributed by atoms with van der Waals surface area (Å²) in [5, 5.41) is 15.2. The van der Waals surface area contributed by atoms with Gasteiger partial charge in [0.2, 0.25) is 5.60 Å². The van der Waals surface area contributed by atoms with Gasteiger partial charge in [0.25, 0.3) is 0 Å². The molecule has 1 spiro atoms. The van der Waals surface area contributed by atoms with Crippen molar-refractivity contribution in [1.29, 1.82) is 0 Å². The molecule has 2 aromatic heterocycles. The van der Waals surface area contributed by atoms with E-state index in [1.54, 1.807) is 12.1 Å². The van der Waals surface area contributed by atoms with Crippen molar-refractivity contribution in [1.82, 2.24) is 0 Å². The molecule has 0 amide bonds. The SMILES string of the molecule is C[N+]1(C)[C@H]2C[C@H](OC(=O)C(O)(c3cccs3)c3cccs3)C[C@@H]3[C@H]4O[C@H]4C321. The Bertz CT molecular complexity index is 864. The third-order valence-electron chi connectivity index (χ3n) is 7.54. The second-order valence-electron chi connectivity index (χ2n) is 8.73. The first-order valence-corrected chi connectivity index (χ1v) is 11.2. The second-order valence-corrected chi connectivity index (χ2v) is 10.6. The van der Waals surface area contributed by atoms with Gasteiger partial charge in [0.15, 0.2) is 11.6 Å². The Kier molecular flexibility index (Phi) is 3.10. The molecule has 4 fully saturated rings. The number of epoxide rings is 1. The van der Waals surface area contributed by atoms with Crippen molar-refractivity contribution in [2.24, 2.45) is 5.92 Å². The number of quaternary nitrogens is 1. The molecule has 142 valence electrons. The molecule has 4 heterocycles. The first-order valence-electron chi connectivity index (χ1n) is 9.42. The first kappa shape index (κ1) is 16.7. The van der Waals surface area contributed by atoms with Gasteiger partial charge < -0.3 is 19.1 Å². The molecule has 1 unspecified atom stereocenters. The third-order valence-corrected chi connectivity index (χ3v) is 9.50. The summed E-state index contributed by atoms with van der Waals surface area (Å²) in [6, 6.07) is 7.79. The second kappa shape index (κ2) is 5.02. The van der Waals surface area contributed by atoms with Crippen molar-refractivity contribution in [3.63, 3.8) is 0 Å². The summed E-state index contributed by atoms with van der Waals surface area (Å²) in [4.78, 5) is 14.4. The monoisotopic (exact) mass is 404 g/mol. The lowest BCUT2D eigenvalue weighted by Gasteiger charge is -2.36. The number of esters is 1. The molecular weight excluding hydrogens is 382 g/mol. The number of likely N-dealkylation sites (N-methyl/N-ethyl adjacent to an activating group) is 1. The lowest BCUT2D eigenvalue weighted by Crippen LogP contribution is -2.56. The lowest BCUT2D eigenvalue weighted by molar-refractivity contribution is -0.805. The number of thiophene rings is 2. The van der Waals surface area contributed by atoms with E-state index >= 15 is 0 Å². The molecule has 2 saturated carbocycles. The number of fused-ring (bicyclic) bond motifs is 2. The van der Waals surface area contributed by atoms with Crippen LogP contribution in [0.2, 0.25) is 0 Å². The van der Waals surface area contributed by atoms with E-state index in [-0.39, 0.29) is 11.6 Å². The molecule has 2 aliphatic heterocycles. The van der Waals surface area contributed by atoms with E-state index in [0.29, 0.717) is 33.9 Å². The number of ether oxygens (including phenoxy) is 2. The zero-order valence-corrected chi connectivity index (χ0v) is 16.8. The number of hydrogen-bond acceptors (Lipinski definition) is 6. The van der Waals surface area contributed by atoms with Crippen LogP contribution in [0.1, 0.15) is 22.6 Å². The van der Waals surface area contributed by atoms with Crippen LogP contribution in [0, 0.1) is 5.92 Å². The van der Waals surface area contributed by atoms with Crippen LogP contribution in [-0.2, 0) is 19.9 Å². The fourth-order valence-electron chi connectivity index (χ4n) is 6.21. The fraction of sp³-hybridized carbons (Fsp3) is 0.550. The highest BCUT2D eigenvalue weighted by Gasteiger charge is 2.96. The van der Waals surface area contributed by atoms with E-state index in [1.165, 1.54) is 22.7 Å². The van der Waals surface area contributed by atoms with E-state index in [1.807, 2.05) is 22.9 Å². The average molecular weight is 405 g/mol. The van der Waals surface area contributed by atoms with Gasteiger partial charge in [-0.25, -0.2) is 4.79 Å². The van der Waals surface area contributed by atoms with Gasteiger partial charge in [0.05, 0.1) is 29.8 Å². The van der Waals surface area contributed by atoms with Crippen LogP contribution in [0.15, 0.2) is 35.0 Å². The molecule has 4 aliphatic rings. The molecule has 5 nitrogen and oxygen atoms in total. The molecule has 1 N–H and O–H groups in total. The van der Waals surface area contributed by atoms with E-state index in [2.05, 4.69) is 14.1 Å². The quantitative estimate of drug-likeness (QED) is 0.483. The number of carbonyl (C=O) groups excluding carboxylic acids is 1. The van der Waals surface area contributed by atoms with Crippen LogP contribution < -0.4 is 0 Å². The fourth-order valence-corrected chi connectivity index (χ4v) is 7.92. The predicted octanol–water partition coefficient (Wildman–Crippen LogP) is 2.35. The highest BCUT2D eigenvalue weighted by atomic mass is 32.1. The Morgan fingerprint density at radius 2 is 1.93 bits per heavy atom. The summed E-state index contributed by atoms with van der Waals surface area (Å²) in [5.41, 5.74) is -1.45. The zero-order valence-electron chi connectivity index (χ0n) is 15.2. The molecule has 2 saturated heterocycles. The van der Waals surface area contributed by atoms with Crippen molar-refractivity contribution in [3.8, 4) is 0 Å². The largest absolute Gasteiger partial charge is 0.459 e. The van der Waals surface area contributed by atoms with Gasteiger partial charge in [-0.3, -0.25) is 0 Å². The highest BCUT2D eigenvalue weighted by molar-refractivity contribution is 7.12. The van der Waals surface area contributed by atoms with Crippen molar-refractivity contribution in [2.45, 2.75) is 48.3 Å². The maximum absolute atomic E-state index is 13.2. The highest BCUT2D eigenvalue weighted by Crippen LogP contribution is 2.75. The van der Waals surface area contributed by atoms with E-state index in [9.17, 15) is 9.90 Å². The molecule has 6 rings (SSSR count). The van der Waals surface area contributed by atoms with Gasteiger partial charge in [-0.05, 0) is 29.3 Å². The number of nitrogens with zero attached hydrogens (tertiary/aromatic N) is 1. The minimum absolute atomic E-state index is 0.155. The van der Waals surface area contributed by atoms with Crippen molar-refractivity contribution >= 4 is 28.6 Å². The van der Waals surface area contributed by atoms with Crippen molar-refractivity contribution < 1.29 is 23.9 Å². The lowest BCUT2D eigenvalue weighted by atomic mass is 9.64. The smallest absolute Gasteiger partial charge is 0.349 e. The summed E-state index contributed by atoms with van der Waals surface area (Å²) >= 11 is 2.76.